The molecule has 0 saturated carbocycles. The zero-order valence-electron chi connectivity index (χ0n) is 17.6. The van der Waals surface area contributed by atoms with Crippen molar-refractivity contribution in [1.82, 2.24) is 30.6 Å². The van der Waals surface area contributed by atoms with E-state index in [1.54, 1.807) is 0 Å². The van der Waals surface area contributed by atoms with Crippen molar-refractivity contribution in [3.8, 4) is 22.9 Å². The molecule has 2 aliphatic heterocycles. The van der Waals surface area contributed by atoms with Crippen molar-refractivity contribution in [1.29, 1.82) is 0 Å². The highest BCUT2D eigenvalue weighted by atomic mass is 16.3. The molecule has 0 bridgehead atoms. The molecule has 8 nitrogen and oxygen atoms in total. The summed E-state index contributed by atoms with van der Waals surface area (Å²) in [5.74, 6) is 3.52. The maximum atomic E-state index is 6.16. The first kappa shape index (κ1) is 18.2. The number of aromatic nitrogens is 4. The SMILES string of the molecule is c1nc(C2CCCN2)[nH]c1-c1cc2cc3oc(-c4cnc(C5CCCN5)[nH]4)cc3cc2o1. The van der Waals surface area contributed by atoms with Crippen LogP contribution < -0.4 is 10.6 Å². The van der Waals surface area contributed by atoms with Gasteiger partial charge in [0, 0.05) is 10.8 Å². The van der Waals surface area contributed by atoms with Gasteiger partial charge in [0.1, 0.15) is 34.2 Å². The number of hydrogen-bond donors (Lipinski definition) is 4. The van der Waals surface area contributed by atoms with E-state index < -0.39 is 0 Å². The van der Waals surface area contributed by atoms with Crippen LogP contribution in [0.2, 0.25) is 0 Å². The molecule has 2 aliphatic rings. The topological polar surface area (TPSA) is 108 Å². The fourth-order valence-corrected chi connectivity index (χ4v) is 4.95. The van der Waals surface area contributed by atoms with Crippen LogP contribution in [0.4, 0.5) is 0 Å². The van der Waals surface area contributed by atoms with E-state index in [-0.39, 0.29) is 0 Å². The Hall–Kier alpha value is -3.36. The molecule has 5 aromatic rings. The Morgan fingerprint density at radius 1 is 0.688 bits per heavy atom. The minimum absolute atomic E-state index is 0.307. The quantitative estimate of drug-likeness (QED) is 0.327. The predicted octanol–water partition coefficient (Wildman–Crippen LogP) is 4.81. The van der Waals surface area contributed by atoms with E-state index in [1.165, 1.54) is 12.8 Å². The van der Waals surface area contributed by atoms with Gasteiger partial charge < -0.3 is 29.4 Å². The lowest BCUT2D eigenvalue weighted by atomic mass is 10.2. The lowest BCUT2D eigenvalue weighted by Gasteiger charge is -2.04. The molecule has 8 heteroatoms. The van der Waals surface area contributed by atoms with Crippen molar-refractivity contribution in [3.05, 3.63) is 48.3 Å². The number of aromatic amines is 2. The Morgan fingerprint density at radius 3 is 1.62 bits per heavy atom. The molecule has 2 atom stereocenters. The van der Waals surface area contributed by atoms with Crippen LogP contribution in [0.15, 0.2) is 45.5 Å². The largest absolute Gasteiger partial charge is 0.454 e. The summed E-state index contributed by atoms with van der Waals surface area (Å²) >= 11 is 0. The predicted molar refractivity (Wildman–Crippen MR) is 121 cm³/mol. The van der Waals surface area contributed by atoms with E-state index in [2.05, 4.69) is 30.6 Å². The maximum absolute atomic E-state index is 6.16. The highest BCUT2D eigenvalue weighted by molar-refractivity contribution is 5.96. The van der Waals surface area contributed by atoms with E-state index in [0.29, 0.717) is 12.1 Å². The summed E-state index contributed by atoms with van der Waals surface area (Å²) in [6, 6.07) is 8.76. The summed E-state index contributed by atoms with van der Waals surface area (Å²) in [7, 11) is 0. The second-order valence-electron chi connectivity index (χ2n) is 8.81. The van der Waals surface area contributed by atoms with Crippen LogP contribution in [-0.2, 0) is 0 Å². The van der Waals surface area contributed by atoms with Gasteiger partial charge in [-0.2, -0.15) is 0 Å². The second kappa shape index (κ2) is 7.08. The van der Waals surface area contributed by atoms with Crippen molar-refractivity contribution in [2.24, 2.45) is 0 Å². The van der Waals surface area contributed by atoms with Crippen LogP contribution >= 0.6 is 0 Å². The van der Waals surface area contributed by atoms with Gasteiger partial charge in [0.05, 0.1) is 24.5 Å². The first-order valence-electron chi connectivity index (χ1n) is 11.3. The number of imidazole rings is 2. The van der Waals surface area contributed by atoms with Crippen LogP contribution in [-0.4, -0.2) is 33.0 Å². The summed E-state index contributed by atoms with van der Waals surface area (Å²) in [6.45, 7) is 2.09. The van der Waals surface area contributed by atoms with Crippen LogP contribution in [0.5, 0.6) is 0 Å². The lowest BCUT2D eigenvalue weighted by Crippen LogP contribution is -2.14. The third kappa shape index (κ3) is 2.98. The van der Waals surface area contributed by atoms with Crippen molar-refractivity contribution in [3.63, 3.8) is 0 Å². The number of hydrogen-bond acceptors (Lipinski definition) is 6. The van der Waals surface area contributed by atoms with Gasteiger partial charge in [-0.15, -0.1) is 0 Å². The summed E-state index contributed by atoms with van der Waals surface area (Å²) < 4.78 is 12.3. The van der Waals surface area contributed by atoms with Gasteiger partial charge in [-0.25, -0.2) is 9.97 Å². The zero-order valence-corrected chi connectivity index (χ0v) is 17.6. The molecule has 4 N–H and O–H groups in total. The maximum Gasteiger partial charge on any atom is 0.153 e. The van der Waals surface area contributed by atoms with E-state index >= 15 is 0 Å². The minimum Gasteiger partial charge on any atom is -0.454 e. The van der Waals surface area contributed by atoms with Crippen LogP contribution in [0.3, 0.4) is 0 Å². The van der Waals surface area contributed by atoms with Crippen LogP contribution in [0, 0.1) is 0 Å². The fourth-order valence-electron chi connectivity index (χ4n) is 4.95. The monoisotopic (exact) mass is 428 g/mol. The Labute approximate surface area is 183 Å². The number of rotatable bonds is 4. The van der Waals surface area contributed by atoms with Gasteiger partial charge in [-0.3, -0.25) is 0 Å². The third-order valence-corrected chi connectivity index (χ3v) is 6.66. The molecule has 2 saturated heterocycles. The number of benzene rings is 1. The van der Waals surface area contributed by atoms with Crippen molar-refractivity contribution in [2.75, 3.05) is 13.1 Å². The molecular weight excluding hydrogens is 404 g/mol. The first-order valence-corrected chi connectivity index (χ1v) is 11.3. The van der Waals surface area contributed by atoms with Crippen LogP contribution in [0.25, 0.3) is 44.8 Å². The van der Waals surface area contributed by atoms with E-state index in [1.807, 2.05) is 36.7 Å². The molecule has 1 aromatic carbocycles. The highest BCUT2D eigenvalue weighted by Gasteiger charge is 2.22. The number of H-pyrrole nitrogens is 2. The molecule has 0 radical (unpaired) electrons. The zero-order chi connectivity index (χ0) is 21.1. The summed E-state index contributed by atoms with van der Waals surface area (Å²) in [5.41, 5.74) is 3.45. The Kier molecular flexibility index (Phi) is 4.03. The number of nitrogens with zero attached hydrogens (tertiary/aromatic N) is 2. The number of nitrogens with one attached hydrogen (secondary N) is 4. The summed E-state index contributed by atoms with van der Waals surface area (Å²) in [6.07, 6.45) is 8.30. The third-order valence-electron chi connectivity index (χ3n) is 6.66. The van der Waals surface area contributed by atoms with E-state index in [4.69, 9.17) is 8.83 Å². The summed E-state index contributed by atoms with van der Waals surface area (Å²) in [4.78, 5) is 15.9. The van der Waals surface area contributed by atoms with E-state index in [9.17, 15) is 0 Å². The minimum atomic E-state index is 0.307. The standard InChI is InChI=1S/C24H24N6O2/c1-3-15(25-5-1)23-27-11-17(29-23)21-9-13-7-20-14(8-19(13)31-21)10-22(32-20)18-12-28-24(30-18)16-4-2-6-26-16/h7-12,15-16,25-26H,1-6H2,(H,27,29)(H,28,30). The van der Waals surface area contributed by atoms with Gasteiger partial charge in [0.15, 0.2) is 11.5 Å². The van der Waals surface area contributed by atoms with Gasteiger partial charge in [-0.1, -0.05) is 0 Å². The van der Waals surface area contributed by atoms with Crippen LogP contribution in [0.1, 0.15) is 49.4 Å². The lowest BCUT2D eigenvalue weighted by molar-refractivity contribution is 0.608. The molecular formula is C24H24N6O2. The molecule has 162 valence electrons. The highest BCUT2D eigenvalue weighted by Crippen LogP contribution is 2.35. The van der Waals surface area contributed by atoms with Crippen molar-refractivity contribution >= 4 is 21.9 Å². The average molecular weight is 428 g/mol. The molecule has 0 spiro atoms. The molecule has 6 heterocycles. The van der Waals surface area contributed by atoms with Crippen molar-refractivity contribution < 1.29 is 8.83 Å². The summed E-state index contributed by atoms with van der Waals surface area (Å²) in [5, 5.41) is 8.95. The average Bonchev–Trinajstić information content (AvgIpc) is 3.65. The number of fused-ring (bicyclic) bond motifs is 2. The molecule has 4 aromatic heterocycles. The van der Waals surface area contributed by atoms with E-state index in [0.717, 1.165) is 82.4 Å². The molecule has 32 heavy (non-hydrogen) atoms. The molecule has 2 fully saturated rings. The number of furan rings is 2. The molecule has 2 unspecified atom stereocenters. The fraction of sp³-hybridized carbons (Fsp3) is 0.333. The normalized spacial score (nSPS) is 21.4. The van der Waals surface area contributed by atoms with Gasteiger partial charge in [0.25, 0.3) is 0 Å². The smallest absolute Gasteiger partial charge is 0.153 e. The van der Waals surface area contributed by atoms with Crippen molar-refractivity contribution in [2.45, 2.75) is 37.8 Å². The Bertz CT molecular complexity index is 1260. The van der Waals surface area contributed by atoms with Gasteiger partial charge in [0.2, 0.25) is 0 Å². The van der Waals surface area contributed by atoms with Gasteiger partial charge >= 0.3 is 0 Å². The van der Waals surface area contributed by atoms with Gasteiger partial charge in [-0.05, 0) is 63.0 Å². The second-order valence-corrected chi connectivity index (χ2v) is 8.81. The molecule has 7 rings (SSSR count). The first-order chi connectivity index (χ1) is 15.8. The Balaban J connectivity index is 1.20. The molecule has 0 aliphatic carbocycles. The Morgan fingerprint density at radius 2 is 1.19 bits per heavy atom. The molecule has 0 amide bonds.